The van der Waals surface area contributed by atoms with Crippen molar-refractivity contribution in [1.29, 1.82) is 0 Å². The zero-order valence-corrected chi connectivity index (χ0v) is 16.7. The van der Waals surface area contributed by atoms with E-state index >= 15 is 0 Å². The Morgan fingerprint density at radius 2 is 2.08 bits per heavy atom. The summed E-state index contributed by atoms with van der Waals surface area (Å²) in [6.07, 6.45) is 1.31. The van der Waals surface area contributed by atoms with E-state index in [4.69, 9.17) is 16.3 Å². The van der Waals surface area contributed by atoms with E-state index in [-0.39, 0.29) is 11.5 Å². The number of ether oxygens (including phenoxy) is 1. The van der Waals surface area contributed by atoms with E-state index in [1.165, 1.54) is 13.3 Å². The summed E-state index contributed by atoms with van der Waals surface area (Å²) in [5.41, 5.74) is 4.00. The van der Waals surface area contributed by atoms with Gasteiger partial charge in [-0.25, -0.2) is 5.43 Å². The summed E-state index contributed by atoms with van der Waals surface area (Å²) < 4.78 is 6.33. The van der Waals surface area contributed by atoms with Gasteiger partial charge >= 0.3 is 0 Å². The molecule has 24 heavy (non-hydrogen) atoms. The number of phenols is 1. The van der Waals surface area contributed by atoms with Crippen LogP contribution in [0, 0.1) is 6.92 Å². The van der Waals surface area contributed by atoms with E-state index in [0.717, 1.165) is 5.56 Å². The number of methoxy groups -OCH3 is 1. The number of aryl methyl sites for hydroxylation is 1. The first-order chi connectivity index (χ1) is 11.3. The van der Waals surface area contributed by atoms with Crippen molar-refractivity contribution >= 4 is 55.6 Å². The Hall–Kier alpha value is -1.57. The monoisotopic (exact) mass is 474 g/mol. The number of nitrogens with one attached hydrogen (secondary N) is 1. The number of benzene rings is 2. The summed E-state index contributed by atoms with van der Waals surface area (Å²) in [6, 6.07) is 6.72. The molecule has 0 bridgehead atoms. The lowest BCUT2D eigenvalue weighted by molar-refractivity contribution is 0.0955. The van der Waals surface area contributed by atoms with Gasteiger partial charge in [-0.05, 0) is 62.5 Å². The zero-order chi connectivity index (χ0) is 17.9. The number of hydrazone groups is 1. The molecule has 0 heterocycles. The summed E-state index contributed by atoms with van der Waals surface area (Å²) in [6.45, 7) is 1.88. The molecule has 1 amide bonds. The normalized spacial score (nSPS) is 10.9. The van der Waals surface area contributed by atoms with Gasteiger partial charge < -0.3 is 9.84 Å². The van der Waals surface area contributed by atoms with Gasteiger partial charge in [-0.15, -0.1) is 0 Å². The summed E-state index contributed by atoms with van der Waals surface area (Å²) in [5, 5.41) is 14.4. The van der Waals surface area contributed by atoms with E-state index < -0.39 is 5.91 Å². The fourth-order valence-corrected chi connectivity index (χ4v) is 3.05. The van der Waals surface area contributed by atoms with Gasteiger partial charge in [0, 0.05) is 8.95 Å². The number of carbonyl (C=O) groups excluding carboxylic acids is 1. The first-order valence-electron chi connectivity index (χ1n) is 6.69. The Kier molecular flexibility index (Phi) is 6.26. The highest BCUT2D eigenvalue weighted by Gasteiger charge is 2.15. The van der Waals surface area contributed by atoms with E-state index in [0.29, 0.717) is 25.1 Å². The predicted octanol–water partition coefficient (Wildman–Crippen LogP) is 4.65. The first kappa shape index (κ1) is 18.8. The van der Waals surface area contributed by atoms with Crippen LogP contribution in [0.4, 0.5) is 0 Å². The number of rotatable bonds is 4. The third-order valence-corrected chi connectivity index (χ3v) is 5.47. The van der Waals surface area contributed by atoms with Crippen molar-refractivity contribution in [2.45, 2.75) is 6.92 Å². The Morgan fingerprint density at radius 1 is 1.38 bits per heavy atom. The molecule has 2 N–H and O–H groups in total. The van der Waals surface area contributed by atoms with Crippen molar-refractivity contribution in [3.63, 3.8) is 0 Å². The van der Waals surface area contributed by atoms with Crippen LogP contribution in [0.2, 0.25) is 5.02 Å². The van der Waals surface area contributed by atoms with E-state index in [1.807, 2.05) is 6.92 Å². The Morgan fingerprint density at radius 3 is 2.71 bits per heavy atom. The molecule has 2 rings (SSSR count). The molecular formula is C16H13Br2ClN2O3. The van der Waals surface area contributed by atoms with Gasteiger partial charge in [0.1, 0.15) is 0 Å². The quantitative estimate of drug-likeness (QED) is 0.499. The van der Waals surface area contributed by atoms with Gasteiger partial charge in [0.25, 0.3) is 5.91 Å². The number of halogens is 3. The van der Waals surface area contributed by atoms with Gasteiger partial charge in [-0.3, -0.25) is 4.79 Å². The second kappa shape index (κ2) is 8.00. The molecule has 8 heteroatoms. The highest BCUT2D eigenvalue weighted by Crippen LogP contribution is 2.39. The Labute approximate surface area is 160 Å². The average Bonchev–Trinajstić information content (AvgIpc) is 2.53. The fraction of sp³-hybridized carbons (Fsp3) is 0.125. The van der Waals surface area contributed by atoms with Crippen LogP contribution in [0.15, 0.2) is 38.3 Å². The number of hydrogen-bond acceptors (Lipinski definition) is 4. The average molecular weight is 477 g/mol. The zero-order valence-electron chi connectivity index (χ0n) is 12.7. The van der Waals surface area contributed by atoms with E-state index in [1.54, 1.807) is 24.3 Å². The molecular weight excluding hydrogens is 463 g/mol. The minimum atomic E-state index is -0.450. The topological polar surface area (TPSA) is 70.9 Å². The number of nitrogens with zero attached hydrogens (tertiary/aromatic N) is 1. The largest absolute Gasteiger partial charge is 0.504 e. The van der Waals surface area contributed by atoms with Gasteiger partial charge in [0.2, 0.25) is 0 Å². The maximum absolute atomic E-state index is 12.1. The molecule has 0 aliphatic heterocycles. The maximum atomic E-state index is 12.1. The molecule has 0 atom stereocenters. The summed E-state index contributed by atoms with van der Waals surface area (Å²) >= 11 is 12.7. The van der Waals surface area contributed by atoms with Crippen LogP contribution < -0.4 is 10.2 Å². The van der Waals surface area contributed by atoms with Crippen molar-refractivity contribution in [3.8, 4) is 11.5 Å². The lowest BCUT2D eigenvalue weighted by atomic mass is 10.1. The van der Waals surface area contributed by atoms with Crippen LogP contribution in [0.1, 0.15) is 21.5 Å². The number of aromatic hydroxyl groups is 1. The number of phenolic OH excluding ortho intramolecular Hbond substituents is 1. The Balaban J connectivity index is 2.23. The SMILES string of the molecule is COc1cc(Br)c(Br)c(/C=N\NC(=O)c2ccc(C)cc2Cl)c1O. The van der Waals surface area contributed by atoms with Crippen LogP contribution in [0.25, 0.3) is 0 Å². The standard InChI is InChI=1S/C16H13Br2ClN2O3/c1-8-3-4-9(12(19)5-8)16(23)21-20-7-10-14(18)11(17)6-13(24-2)15(10)22/h3-7,22H,1-2H3,(H,21,23)/b20-7-. The minimum absolute atomic E-state index is 0.0982. The molecule has 5 nitrogen and oxygen atoms in total. The van der Waals surface area contributed by atoms with Crippen LogP contribution >= 0.6 is 43.5 Å². The lowest BCUT2D eigenvalue weighted by Crippen LogP contribution is -2.18. The third kappa shape index (κ3) is 4.09. The molecule has 2 aromatic rings. The highest BCUT2D eigenvalue weighted by atomic mass is 79.9. The van der Waals surface area contributed by atoms with Crippen molar-refractivity contribution < 1.29 is 14.6 Å². The molecule has 0 radical (unpaired) electrons. The predicted molar refractivity (Wildman–Crippen MR) is 101 cm³/mol. The lowest BCUT2D eigenvalue weighted by Gasteiger charge is -2.09. The van der Waals surface area contributed by atoms with Crippen LogP contribution in [-0.4, -0.2) is 24.3 Å². The van der Waals surface area contributed by atoms with Gasteiger partial charge in [-0.1, -0.05) is 17.7 Å². The number of hydrogen-bond donors (Lipinski definition) is 2. The van der Waals surface area contributed by atoms with Crippen molar-refractivity contribution in [2.75, 3.05) is 7.11 Å². The first-order valence-corrected chi connectivity index (χ1v) is 8.66. The number of amides is 1. The van der Waals surface area contributed by atoms with Gasteiger partial charge in [-0.2, -0.15) is 5.10 Å². The van der Waals surface area contributed by atoms with Crippen molar-refractivity contribution in [1.82, 2.24) is 5.43 Å². The van der Waals surface area contributed by atoms with Crippen molar-refractivity contribution in [2.24, 2.45) is 5.10 Å². The highest BCUT2D eigenvalue weighted by molar-refractivity contribution is 9.13. The van der Waals surface area contributed by atoms with Gasteiger partial charge in [0.05, 0.1) is 29.5 Å². The van der Waals surface area contributed by atoms with Crippen LogP contribution in [0.3, 0.4) is 0 Å². The molecule has 2 aromatic carbocycles. The molecule has 0 aliphatic rings. The van der Waals surface area contributed by atoms with E-state index in [9.17, 15) is 9.90 Å². The second-order valence-corrected chi connectivity index (χ2v) is 6.87. The molecule has 0 saturated heterocycles. The summed E-state index contributed by atoms with van der Waals surface area (Å²) in [7, 11) is 1.44. The molecule has 0 saturated carbocycles. The van der Waals surface area contributed by atoms with Crippen molar-refractivity contribution in [3.05, 3.63) is 54.9 Å². The molecule has 0 spiro atoms. The third-order valence-electron chi connectivity index (χ3n) is 3.14. The Bertz CT molecular complexity index is 825. The number of carbonyl (C=O) groups is 1. The molecule has 126 valence electrons. The molecule has 0 unspecified atom stereocenters. The molecule has 0 aliphatic carbocycles. The second-order valence-electron chi connectivity index (χ2n) is 4.82. The molecule has 0 fully saturated rings. The van der Waals surface area contributed by atoms with Crippen LogP contribution in [0.5, 0.6) is 11.5 Å². The smallest absolute Gasteiger partial charge is 0.272 e. The maximum Gasteiger partial charge on any atom is 0.272 e. The minimum Gasteiger partial charge on any atom is -0.504 e. The van der Waals surface area contributed by atoms with Gasteiger partial charge in [0.15, 0.2) is 11.5 Å². The fourth-order valence-electron chi connectivity index (χ4n) is 1.91. The van der Waals surface area contributed by atoms with E-state index in [2.05, 4.69) is 42.4 Å². The molecule has 0 aromatic heterocycles. The summed E-state index contributed by atoms with van der Waals surface area (Å²) in [5.74, 6) is -0.271. The summed E-state index contributed by atoms with van der Waals surface area (Å²) in [4.78, 5) is 12.1. The van der Waals surface area contributed by atoms with Crippen LogP contribution in [-0.2, 0) is 0 Å².